The van der Waals surface area contributed by atoms with E-state index in [1.807, 2.05) is 194 Å². The van der Waals surface area contributed by atoms with E-state index in [2.05, 4.69) is 26.6 Å². The number of alkyl carbamates (subject to hydrolysis) is 2. The molecular weight excluding hydrogens is 1070 g/mol. The average molecular weight is 1140 g/mol. The highest BCUT2D eigenvalue weighted by molar-refractivity contribution is 5.95. The Morgan fingerprint density at radius 2 is 1.04 bits per heavy atom. The van der Waals surface area contributed by atoms with Crippen molar-refractivity contribution in [2.45, 2.75) is 89.3 Å². The van der Waals surface area contributed by atoms with E-state index in [0.29, 0.717) is 34.8 Å². The van der Waals surface area contributed by atoms with Crippen molar-refractivity contribution in [1.29, 1.82) is 0 Å². The molecule has 0 spiro atoms. The second-order valence-electron chi connectivity index (χ2n) is 20.5. The van der Waals surface area contributed by atoms with Crippen LogP contribution in [0.1, 0.15) is 57.3 Å². The van der Waals surface area contributed by atoms with Gasteiger partial charge in [-0.2, -0.15) is 0 Å². The summed E-state index contributed by atoms with van der Waals surface area (Å²) in [5.41, 5.74) is 7.55. The average Bonchev–Trinajstić information content (AvgIpc) is 3.80. The van der Waals surface area contributed by atoms with Gasteiger partial charge in [0.05, 0.1) is 0 Å². The first kappa shape index (κ1) is 59.4. The number of benzene rings is 8. The minimum absolute atomic E-state index is 0.0174. The van der Waals surface area contributed by atoms with Crippen LogP contribution in [0.4, 0.5) is 9.59 Å². The van der Waals surface area contributed by atoms with E-state index in [0.717, 1.165) is 38.9 Å². The molecular formula is C69H67N5O11. The van der Waals surface area contributed by atoms with Crippen molar-refractivity contribution >= 4 is 35.9 Å². The van der Waals surface area contributed by atoms with Gasteiger partial charge in [0, 0.05) is 25.8 Å². The predicted molar refractivity (Wildman–Crippen MR) is 320 cm³/mol. The van der Waals surface area contributed by atoms with Crippen LogP contribution in [0.25, 0.3) is 11.1 Å². The first-order valence-electron chi connectivity index (χ1n) is 28.2. The smallest absolute Gasteiger partial charge is 0.408 e. The number of esters is 1. The number of carbonyl (C=O) groups excluding carboxylic acids is 6. The van der Waals surface area contributed by atoms with Gasteiger partial charge >= 0.3 is 18.2 Å². The summed E-state index contributed by atoms with van der Waals surface area (Å²) in [6, 6.07) is 61.8. The molecule has 16 nitrogen and oxygen atoms in total. The van der Waals surface area contributed by atoms with E-state index in [-0.39, 0.29) is 65.1 Å². The molecule has 4 atom stereocenters. The maximum absolute atomic E-state index is 15.1. The van der Waals surface area contributed by atoms with Crippen LogP contribution in [0.3, 0.4) is 0 Å². The number of hydrogen-bond acceptors (Lipinski definition) is 11. The summed E-state index contributed by atoms with van der Waals surface area (Å²) in [6.45, 7) is 0.480. The summed E-state index contributed by atoms with van der Waals surface area (Å²) < 4.78 is 29.4. The highest BCUT2D eigenvalue weighted by Crippen LogP contribution is 2.30. The Kier molecular flexibility index (Phi) is 21.5. The number of carbonyl (C=O) groups is 6. The van der Waals surface area contributed by atoms with Gasteiger partial charge in [-0.25, -0.2) is 14.4 Å². The zero-order valence-electron chi connectivity index (χ0n) is 46.9. The summed E-state index contributed by atoms with van der Waals surface area (Å²) in [6.07, 6.45) is -1.62. The van der Waals surface area contributed by atoms with Crippen LogP contribution in [0.5, 0.6) is 11.5 Å². The van der Waals surface area contributed by atoms with E-state index in [1.165, 1.54) is 0 Å². The molecule has 9 rings (SSSR count). The van der Waals surface area contributed by atoms with Crippen LogP contribution in [-0.4, -0.2) is 66.6 Å². The lowest BCUT2D eigenvalue weighted by atomic mass is 9.95. The number of fused-ring (bicyclic) bond motifs is 5. The van der Waals surface area contributed by atoms with Crippen molar-refractivity contribution in [2.75, 3.05) is 6.54 Å². The van der Waals surface area contributed by atoms with Crippen LogP contribution in [0.15, 0.2) is 218 Å². The number of rotatable bonds is 22. The second-order valence-corrected chi connectivity index (χ2v) is 20.5. The molecule has 16 heteroatoms. The molecule has 0 unspecified atom stereocenters. The zero-order chi connectivity index (χ0) is 59.0. The van der Waals surface area contributed by atoms with Crippen molar-refractivity contribution < 1.29 is 52.5 Å². The number of ether oxygens (including phenoxy) is 5. The Hall–Kier alpha value is -10.2. The first-order chi connectivity index (χ1) is 41.6. The molecule has 0 saturated heterocycles. The second kappa shape index (κ2) is 30.7. The minimum Gasteiger partial charge on any atom is -0.489 e. The maximum Gasteiger partial charge on any atom is 0.408 e. The lowest BCUT2D eigenvalue weighted by Gasteiger charge is -2.27. The minimum atomic E-state index is -1.35. The first-order valence-corrected chi connectivity index (χ1v) is 28.2. The highest BCUT2D eigenvalue weighted by Gasteiger charge is 2.33. The summed E-state index contributed by atoms with van der Waals surface area (Å²) in [7, 11) is 0. The Labute approximate surface area is 494 Å². The summed E-state index contributed by atoms with van der Waals surface area (Å²) in [4.78, 5) is 85.9. The van der Waals surface area contributed by atoms with Gasteiger partial charge in [-0.1, -0.05) is 194 Å². The van der Waals surface area contributed by atoms with Gasteiger partial charge in [-0.3, -0.25) is 14.4 Å². The molecule has 0 aliphatic carbocycles. The number of hydrogen-bond donors (Lipinski definition) is 5. The van der Waals surface area contributed by atoms with Crippen molar-refractivity contribution in [2.24, 2.45) is 0 Å². The lowest BCUT2D eigenvalue weighted by molar-refractivity contribution is -0.149. The van der Waals surface area contributed by atoms with E-state index < -0.39 is 60.0 Å². The number of nitrogens with one attached hydrogen (secondary N) is 5. The van der Waals surface area contributed by atoms with Gasteiger partial charge in [0.2, 0.25) is 17.7 Å². The van der Waals surface area contributed by atoms with Crippen molar-refractivity contribution in [3.63, 3.8) is 0 Å². The largest absolute Gasteiger partial charge is 0.489 e. The highest BCUT2D eigenvalue weighted by atomic mass is 16.6. The van der Waals surface area contributed by atoms with Crippen molar-refractivity contribution in [3.05, 3.63) is 263 Å². The molecule has 0 saturated carbocycles. The molecule has 0 fully saturated rings. The quantitative estimate of drug-likeness (QED) is 0.0245. The van der Waals surface area contributed by atoms with E-state index in [4.69, 9.17) is 23.7 Å². The van der Waals surface area contributed by atoms with Crippen LogP contribution in [-0.2, 0) is 85.7 Å². The predicted octanol–water partition coefficient (Wildman–Crippen LogP) is 10.1. The normalized spacial score (nSPS) is 15.2. The SMILES string of the molecule is O=C(NCCC[C@@H]1NC(=O)[C@@H](NC(=O)OCc2ccccc2)Cc2cc(ccc2OCc2ccccc2)-c2cccc(c2)C[C@@H](C(=O)N[C@@H](Cc2ccc(OCc3ccccc3)cc2)C(=O)OCc2ccccc2)NC1=O)OCc1ccccc1. The third kappa shape index (κ3) is 18.6. The molecule has 8 aromatic rings. The molecule has 4 bridgehead atoms. The summed E-state index contributed by atoms with van der Waals surface area (Å²) >= 11 is 0. The van der Waals surface area contributed by atoms with Crippen LogP contribution >= 0.6 is 0 Å². The molecule has 0 aromatic heterocycles. The summed E-state index contributed by atoms with van der Waals surface area (Å²) in [5.74, 6) is -1.86. The van der Waals surface area contributed by atoms with Gasteiger partial charge < -0.3 is 50.3 Å². The topological polar surface area (TPSA) is 209 Å². The van der Waals surface area contributed by atoms with Gasteiger partial charge in [0.15, 0.2) is 0 Å². The van der Waals surface area contributed by atoms with Crippen LogP contribution in [0.2, 0.25) is 0 Å². The van der Waals surface area contributed by atoms with Crippen LogP contribution in [0, 0.1) is 0 Å². The van der Waals surface area contributed by atoms with E-state index in [1.54, 1.807) is 24.3 Å². The van der Waals surface area contributed by atoms with E-state index >= 15 is 9.59 Å². The maximum atomic E-state index is 15.1. The fraction of sp³-hybridized carbons (Fsp3) is 0.217. The molecule has 1 aliphatic rings. The van der Waals surface area contributed by atoms with Gasteiger partial charge in [0.25, 0.3) is 0 Å². The lowest BCUT2D eigenvalue weighted by Crippen LogP contribution is -2.58. The van der Waals surface area contributed by atoms with Gasteiger partial charge in [-0.15, -0.1) is 0 Å². The molecule has 0 radical (unpaired) electrons. The number of amides is 5. The Morgan fingerprint density at radius 3 is 1.64 bits per heavy atom. The molecule has 8 aromatic carbocycles. The van der Waals surface area contributed by atoms with Gasteiger partial charge in [0.1, 0.15) is 68.7 Å². The molecule has 85 heavy (non-hydrogen) atoms. The molecule has 5 amide bonds. The standard InChI is InChI=1S/C69H67N5O11/c75-64-59(30-17-37-70-68(79)84-46-52-24-12-4-13-25-52)71-66(77)61(74-69(80)85-47-53-26-14-5-15-27-53)42-57-41-56(33-36-63(57)82-44-50-20-8-2-9-21-50)55-29-16-28-54(38-55)40-60(72-64)65(76)73-62(67(78)83-45-51-22-10-3-11-23-51)39-48-31-34-58(35-32-48)81-43-49-18-6-1-7-19-49/h1-16,18-29,31-36,38,41,59-62H,17,30,37,39-40,42-47H2,(H,70,79)(H,71,77)(H,72,75)(H,73,76)(H,74,80)/t59-,60-,61-,62-/m0/s1. The molecule has 5 N–H and O–H groups in total. The third-order valence-corrected chi connectivity index (χ3v) is 14.1. The van der Waals surface area contributed by atoms with Crippen molar-refractivity contribution in [1.82, 2.24) is 26.6 Å². The van der Waals surface area contributed by atoms with Crippen LogP contribution < -0.4 is 36.1 Å². The fourth-order valence-corrected chi connectivity index (χ4v) is 9.53. The Morgan fingerprint density at radius 1 is 0.494 bits per heavy atom. The molecule has 1 heterocycles. The Balaban J connectivity index is 1.02. The van der Waals surface area contributed by atoms with Crippen molar-refractivity contribution in [3.8, 4) is 22.6 Å². The Bertz CT molecular complexity index is 3470. The molecule has 1 aliphatic heterocycles. The van der Waals surface area contributed by atoms with E-state index in [9.17, 15) is 19.2 Å². The third-order valence-electron chi connectivity index (χ3n) is 14.1. The zero-order valence-corrected chi connectivity index (χ0v) is 46.9. The fourth-order valence-electron chi connectivity index (χ4n) is 9.53. The summed E-state index contributed by atoms with van der Waals surface area (Å²) in [5, 5.41) is 14.2. The monoisotopic (exact) mass is 1140 g/mol. The van der Waals surface area contributed by atoms with Gasteiger partial charge in [-0.05, 0) is 92.7 Å². The molecule has 434 valence electrons.